The van der Waals surface area contributed by atoms with E-state index in [0.29, 0.717) is 35.0 Å². The summed E-state index contributed by atoms with van der Waals surface area (Å²) in [4.78, 5) is 24.9. The van der Waals surface area contributed by atoms with Gasteiger partial charge in [0.2, 0.25) is 5.13 Å². The number of carbonyl (C=O) groups excluding carboxylic acids is 2. The van der Waals surface area contributed by atoms with Crippen molar-refractivity contribution >= 4 is 49.7 Å². The van der Waals surface area contributed by atoms with Gasteiger partial charge in [-0.05, 0) is 30.7 Å². The highest BCUT2D eigenvalue weighted by atomic mass is 35.5. The summed E-state index contributed by atoms with van der Waals surface area (Å²) < 4.78 is 24.9. The first-order valence-corrected chi connectivity index (χ1v) is 12.6. The van der Waals surface area contributed by atoms with Crippen molar-refractivity contribution in [3.05, 3.63) is 69.7 Å². The molecule has 0 aliphatic heterocycles. The summed E-state index contributed by atoms with van der Waals surface area (Å²) in [5.74, 6) is -0.909. The maximum absolute atomic E-state index is 12.7. The second kappa shape index (κ2) is 10.7. The molecule has 168 valence electrons. The first kappa shape index (κ1) is 23.8. The molecular formula is C21H21ClN4O4S2. The molecule has 8 nitrogen and oxygen atoms in total. The molecule has 0 bridgehead atoms. The van der Waals surface area contributed by atoms with Crippen LogP contribution in [0, 0.1) is 0 Å². The molecule has 32 heavy (non-hydrogen) atoms. The van der Waals surface area contributed by atoms with Gasteiger partial charge in [0, 0.05) is 13.0 Å². The highest BCUT2D eigenvalue weighted by Crippen LogP contribution is 2.21. The van der Waals surface area contributed by atoms with E-state index in [2.05, 4.69) is 20.8 Å². The first-order valence-electron chi connectivity index (χ1n) is 9.80. The minimum Gasteiger partial charge on any atom is -0.352 e. The van der Waals surface area contributed by atoms with Gasteiger partial charge in [0.15, 0.2) is 9.84 Å². The van der Waals surface area contributed by atoms with Gasteiger partial charge in [-0.3, -0.25) is 14.9 Å². The lowest BCUT2D eigenvalue weighted by atomic mass is 10.2. The average molecular weight is 493 g/mol. The van der Waals surface area contributed by atoms with Crippen LogP contribution in [0.3, 0.4) is 0 Å². The summed E-state index contributed by atoms with van der Waals surface area (Å²) in [5, 5.41) is 14.5. The Kier molecular flexibility index (Phi) is 7.94. The molecule has 2 amide bonds. The van der Waals surface area contributed by atoms with Crippen molar-refractivity contribution in [2.24, 2.45) is 0 Å². The monoisotopic (exact) mass is 492 g/mol. The molecule has 1 aromatic heterocycles. The van der Waals surface area contributed by atoms with E-state index in [4.69, 9.17) is 11.6 Å². The number of aromatic nitrogens is 2. The molecule has 2 N–H and O–H groups in total. The van der Waals surface area contributed by atoms with Gasteiger partial charge < -0.3 is 5.32 Å². The van der Waals surface area contributed by atoms with Gasteiger partial charge in [0.05, 0.1) is 26.8 Å². The molecule has 3 rings (SSSR count). The average Bonchev–Trinajstić information content (AvgIpc) is 3.21. The van der Waals surface area contributed by atoms with Gasteiger partial charge >= 0.3 is 0 Å². The summed E-state index contributed by atoms with van der Waals surface area (Å²) in [5.41, 5.74) is 0.445. The second-order valence-corrected chi connectivity index (χ2v) is 10.3. The van der Waals surface area contributed by atoms with Crippen molar-refractivity contribution in [3.63, 3.8) is 0 Å². The molecule has 1 heterocycles. The van der Waals surface area contributed by atoms with Crippen LogP contribution in [0.1, 0.15) is 39.1 Å². The number of sulfone groups is 1. The Labute approximate surface area is 194 Å². The van der Waals surface area contributed by atoms with Crippen LogP contribution in [0.2, 0.25) is 5.02 Å². The molecule has 0 aliphatic carbocycles. The fourth-order valence-electron chi connectivity index (χ4n) is 2.90. The van der Waals surface area contributed by atoms with Crippen LogP contribution >= 0.6 is 22.9 Å². The zero-order chi connectivity index (χ0) is 23.1. The van der Waals surface area contributed by atoms with Crippen LogP contribution < -0.4 is 10.6 Å². The first-order chi connectivity index (χ1) is 15.3. The predicted octanol–water partition coefficient (Wildman–Crippen LogP) is 3.60. The van der Waals surface area contributed by atoms with Crippen molar-refractivity contribution in [2.45, 2.75) is 24.7 Å². The van der Waals surface area contributed by atoms with Crippen LogP contribution in [-0.4, -0.2) is 42.7 Å². The van der Waals surface area contributed by atoms with Crippen LogP contribution in [0.4, 0.5) is 5.13 Å². The van der Waals surface area contributed by atoms with Gasteiger partial charge in [0.25, 0.3) is 11.8 Å². The van der Waals surface area contributed by atoms with Crippen LogP contribution in [0.5, 0.6) is 0 Å². The number of amides is 2. The Balaban J connectivity index is 1.61. The number of benzene rings is 2. The molecule has 0 saturated heterocycles. The molecule has 0 spiro atoms. The van der Waals surface area contributed by atoms with Crippen molar-refractivity contribution in [1.82, 2.24) is 15.5 Å². The van der Waals surface area contributed by atoms with Gasteiger partial charge in [-0.25, -0.2) is 8.42 Å². The molecule has 0 aliphatic rings. The fraction of sp³-hybridized carbons (Fsp3) is 0.238. The molecule has 11 heteroatoms. The van der Waals surface area contributed by atoms with Gasteiger partial charge in [-0.1, -0.05) is 54.1 Å². The lowest BCUT2D eigenvalue weighted by Gasteiger charge is -2.09. The largest absolute Gasteiger partial charge is 0.352 e. The summed E-state index contributed by atoms with van der Waals surface area (Å²) >= 11 is 7.16. The van der Waals surface area contributed by atoms with Crippen molar-refractivity contribution in [1.29, 1.82) is 0 Å². The quantitative estimate of drug-likeness (QED) is 0.471. The third-order valence-corrected chi connectivity index (χ3v) is 7.57. The number of carbonyl (C=O) groups is 2. The zero-order valence-electron chi connectivity index (χ0n) is 17.2. The lowest BCUT2D eigenvalue weighted by molar-refractivity contribution is 0.0953. The number of rotatable bonds is 9. The number of nitrogens with zero attached hydrogens (tertiary/aromatic N) is 2. The van der Waals surface area contributed by atoms with E-state index in [1.165, 1.54) is 12.1 Å². The highest BCUT2D eigenvalue weighted by molar-refractivity contribution is 7.91. The van der Waals surface area contributed by atoms with Crippen LogP contribution in [0.25, 0.3) is 0 Å². The zero-order valence-corrected chi connectivity index (χ0v) is 19.6. The molecule has 2 aromatic carbocycles. The van der Waals surface area contributed by atoms with E-state index in [9.17, 15) is 18.0 Å². The summed E-state index contributed by atoms with van der Waals surface area (Å²) in [7, 11) is -3.56. The highest BCUT2D eigenvalue weighted by Gasteiger charge is 2.22. The van der Waals surface area contributed by atoms with Gasteiger partial charge in [0.1, 0.15) is 5.01 Å². The van der Waals surface area contributed by atoms with E-state index in [1.54, 1.807) is 43.3 Å². The number of nitrogens with one attached hydrogen (secondary N) is 2. The van der Waals surface area contributed by atoms with Crippen molar-refractivity contribution < 1.29 is 18.0 Å². The number of halogens is 1. The Bertz CT molecular complexity index is 1230. The maximum atomic E-state index is 12.7. The van der Waals surface area contributed by atoms with E-state index >= 15 is 0 Å². The standard InChI is InChI=1S/C21H21ClN4O4S2/c1-2-13-32(29,30)17-10-6-4-8-15(17)20(28)24-21-26-25-18(31-21)11-12-23-19(27)14-7-3-5-9-16(14)22/h3-10H,2,11-13H2,1H3,(H,23,27)(H,24,26,28). The molecule has 0 unspecified atom stereocenters. The lowest BCUT2D eigenvalue weighted by Crippen LogP contribution is -2.25. The fourth-order valence-corrected chi connectivity index (χ4v) is 5.39. The Morgan fingerprint density at radius 2 is 1.69 bits per heavy atom. The number of hydrogen-bond acceptors (Lipinski definition) is 7. The van der Waals surface area contributed by atoms with Crippen molar-refractivity contribution in [3.8, 4) is 0 Å². The Morgan fingerprint density at radius 3 is 2.41 bits per heavy atom. The van der Waals surface area contributed by atoms with Crippen molar-refractivity contribution in [2.75, 3.05) is 17.6 Å². The topological polar surface area (TPSA) is 118 Å². The molecule has 3 aromatic rings. The summed E-state index contributed by atoms with van der Waals surface area (Å²) in [6.07, 6.45) is 0.857. The minimum atomic E-state index is -3.56. The SMILES string of the molecule is CCCS(=O)(=O)c1ccccc1C(=O)Nc1nnc(CCNC(=O)c2ccccc2Cl)s1. The molecule has 0 saturated carbocycles. The van der Waals surface area contributed by atoms with Gasteiger partial charge in [-0.2, -0.15) is 0 Å². The van der Waals surface area contributed by atoms with E-state index in [1.807, 2.05) is 0 Å². The molecule has 0 atom stereocenters. The van der Waals surface area contributed by atoms with E-state index in [0.717, 1.165) is 11.3 Å². The molecule has 0 fully saturated rings. The molecule has 0 radical (unpaired) electrons. The summed E-state index contributed by atoms with van der Waals surface area (Å²) in [6.45, 7) is 2.07. The number of anilines is 1. The minimum absolute atomic E-state index is 0.00799. The number of hydrogen-bond donors (Lipinski definition) is 2. The summed E-state index contributed by atoms with van der Waals surface area (Å²) in [6, 6.07) is 12.8. The normalized spacial score (nSPS) is 11.2. The third kappa shape index (κ3) is 5.90. The van der Waals surface area contributed by atoms with Gasteiger partial charge in [-0.15, -0.1) is 10.2 Å². The smallest absolute Gasteiger partial charge is 0.258 e. The third-order valence-electron chi connectivity index (χ3n) is 4.37. The van der Waals surface area contributed by atoms with Crippen LogP contribution in [0.15, 0.2) is 53.4 Å². The second-order valence-electron chi connectivity index (χ2n) is 6.76. The predicted molar refractivity (Wildman–Crippen MR) is 124 cm³/mol. The molecular weight excluding hydrogens is 472 g/mol. The van der Waals surface area contributed by atoms with E-state index in [-0.39, 0.29) is 27.3 Å². The van der Waals surface area contributed by atoms with E-state index < -0.39 is 15.7 Å². The van der Waals surface area contributed by atoms with Crippen LogP contribution in [-0.2, 0) is 16.3 Å². The maximum Gasteiger partial charge on any atom is 0.258 e. The Hall–Kier alpha value is -2.82. The Morgan fingerprint density at radius 1 is 1.00 bits per heavy atom.